The number of amides is 1. The number of aromatic nitrogens is 5. The Hall–Kier alpha value is -4.16. The number of non-ortho nitro benzene ring substituents is 1. The van der Waals surface area contributed by atoms with Crippen LogP contribution in [0.3, 0.4) is 0 Å². The van der Waals surface area contributed by atoms with Crippen LogP contribution in [-0.4, -0.2) is 42.4 Å². The molecule has 0 radical (unpaired) electrons. The monoisotopic (exact) mass is 385 g/mol. The molecule has 2 heterocycles. The zero-order chi connectivity index (χ0) is 20.3. The summed E-state index contributed by atoms with van der Waals surface area (Å²) in [7, 11) is 0. The third kappa shape index (κ3) is 3.67. The van der Waals surface area contributed by atoms with Gasteiger partial charge in [0.05, 0.1) is 4.92 Å². The largest absolute Gasteiger partial charge is 0.378 e. The van der Waals surface area contributed by atoms with Crippen LogP contribution in [-0.2, 0) is 0 Å². The van der Waals surface area contributed by atoms with Crippen molar-refractivity contribution in [1.29, 1.82) is 0 Å². The number of hydrogen-bond donors (Lipinski definition) is 2. The summed E-state index contributed by atoms with van der Waals surface area (Å²) in [5.74, 6) is -0.659. The summed E-state index contributed by atoms with van der Waals surface area (Å²) in [6, 6.07) is 5.61. The molecule has 0 saturated heterocycles. The fourth-order valence-corrected chi connectivity index (χ4v) is 2.24. The number of nitrogens with zero attached hydrogens (tertiary/aromatic N) is 7. The van der Waals surface area contributed by atoms with E-state index in [1.165, 1.54) is 24.4 Å². The van der Waals surface area contributed by atoms with E-state index in [-0.39, 0.29) is 34.6 Å². The molecule has 0 fully saturated rings. The highest BCUT2D eigenvalue weighted by molar-refractivity contribution is 5.98. The van der Waals surface area contributed by atoms with Gasteiger partial charge in [0.15, 0.2) is 5.69 Å². The summed E-state index contributed by atoms with van der Waals surface area (Å²) in [5.41, 5.74) is 8.14. The minimum atomic E-state index is -0.667. The van der Waals surface area contributed by atoms with Gasteiger partial charge in [-0.3, -0.25) is 14.9 Å². The predicted octanol–water partition coefficient (Wildman–Crippen LogP) is 1.18. The van der Waals surface area contributed by atoms with Crippen molar-refractivity contribution >= 4 is 23.6 Å². The number of carbonyl (C=O) groups is 1. The lowest BCUT2D eigenvalue weighted by Crippen LogP contribution is -2.19. The number of rotatable bonds is 6. The number of hydrazone groups is 1. The zero-order valence-corrected chi connectivity index (χ0v) is 14.8. The molecule has 0 unspecified atom stereocenters. The van der Waals surface area contributed by atoms with Gasteiger partial charge in [0, 0.05) is 23.9 Å². The van der Waals surface area contributed by atoms with Crippen molar-refractivity contribution in [3.8, 4) is 17.1 Å². The van der Waals surface area contributed by atoms with Crippen LogP contribution in [0, 0.1) is 16.0 Å². The maximum atomic E-state index is 12.5. The number of nitrogens with two attached hydrogens (primary N) is 1. The van der Waals surface area contributed by atoms with Crippen LogP contribution in [0.5, 0.6) is 0 Å². The van der Waals surface area contributed by atoms with Crippen molar-refractivity contribution in [2.75, 3.05) is 5.73 Å². The van der Waals surface area contributed by atoms with Gasteiger partial charge in [-0.1, -0.05) is 31.2 Å². The molecule has 1 amide bonds. The number of nitrogens with one attached hydrogen (secondary N) is 1. The van der Waals surface area contributed by atoms with Crippen molar-refractivity contribution in [2.24, 2.45) is 11.0 Å². The van der Waals surface area contributed by atoms with Crippen LogP contribution in [0.4, 0.5) is 11.5 Å². The van der Waals surface area contributed by atoms with E-state index in [9.17, 15) is 14.9 Å². The van der Waals surface area contributed by atoms with E-state index in [2.05, 4.69) is 35.8 Å². The standard InChI is InChI=1S/C15H15N9O4/c1-8(2)7-17-19-15(25)11-12(9-4-3-5-10(6-9)24(26)27)23(22-18-11)14-13(16)20-28-21-14/h3-8H,1-2H3,(H2,16,20)(H,19,25)/b17-7+. The normalized spacial score (nSPS) is 11.2. The van der Waals surface area contributed by atoms with Gasteiger partial charge in [-0.25, -0.2) is 10.1 Å². The number of nitrogen functional groups attached to an aromatic ring is 1. The molecule has 0 atom stereocenters. The van der Waals surface area contributed by atoms with Crippen molar-refractivity contribution in [1.82, 2.24) is 30.7 Å². The second-order valence-electron chi connectivity index (χ2n) is 5.94. The molecule has 1 aromatic carbocycles. The number of anilines is 1. The van der Waals surface area contributed by atoms with Gasteiger partial charge in [-0.2, -0.15) is 9.78 Å². The highest BCUT2D eigenvalue weighted by Gasteiger charge is 2.26. The molecule has 3 N–H and O–H groups in total. The quantitative estimate of drug-likeness (QED) is 0.357. The highest BCUT2D eigenvalue weighted by atomic mass is 16.6. The number of benzene rings is 1. The Bertz CT molecular complexity index is 1050. The summed E-state index contributed by atoms with van der Waals surface area (Å²) in [6.07, 6.45) is 1.54. The maximum Gasteiger partial charge on any atom is 0.294 e. The first-order chi connectivity index (χ1) is 13.4. The fraction of sp³-hybridized carbons (Fsp3) is 0.200. The molecular formula is C15H15N9O4. The lowest BCUT2D eigenvalue weighted by molar-refractivity contribution is -0.384. The van der Waals surface area contributed by atoms with Gasteiger partial charge in [0.2, 0.25) is 11.6 Å². The van der Waals surface area contributed by atoms with E-state index < -0.39 is 10.8 Å². The van der Waals surface area contributed by atoms with Gasteiger partial charge in [-0.05, 0) is 16.2 Å². The minimum absolute atomic E-state index is 0.0151. The minimum Gasteiger partial charge on any atom is -0.378 e. The van der Waals surface area contributed by atoms with E-state index in [0.29, 0.717) is 5.56 Å². The third-order valence-electron chi connectivity index (χ3n) is 3.45. The number of hydrogen-bond acceptors (Lipinski definition) is 10. The summed E-state index contributed by atoms with van der Waals surface area (Å²) in [5, 5.41) is 29.8. The molecule has 0 saturated carbocycles. The number of nitro groups is 1. The fourth-order valence-electron chi connectivity index (χ4n) is 2.24. The summed E-state index contributed by atoms with van der Waals surface area (Å²) >= 11 is 0. The Morgan fingerprint density at radius 1 is 1.43 bits per heavy atom. The second-order valence-corrected chi connectivity index (χ2v) is 5.94. The van der Waals surface area contributed by atoms with Crippen LogP contribution in [0.2, 0.25) is 0 Å². The van der Waals surface area contributed by atoms with E-state index in [1.54, 1.807) is 6.07 Å². The van der Waals surface area contributed by atoms with Crippen LogP contribution >= 0.6 is 0 Å². The molecule has 13 nitrogen and oxygen atoms in total. The molecule has 2 aromatic heterocycles. The molecule has 144 valence electrons. The smallest absolute Gasteiger partial charge is 0.294 e. The first-order valence-corrected chi connectivity index (χ1v) is 8.01. The first kappa shape index (κ1) is 18.6. The van der Waals surface area contributed by atoms with Gasteiger partial charge in [0.25, 0.3) is 11.6 Å². The third-order valence-corrected chi connectivity index (χ3v) is 3.45. The average Bonchev–Trinajstić information content (AvgIpc) is 3.27. The topological polar surface area (TPSA) is 180 Å². The Balaban J connectivity index is 2.13. The zero-order valence-electron chi connectivity index (χ0n) is 14.8. The Morgan fingerprint density at radius 2 is 2.21 bits per heavy atom. The Morgan fingerprint density at radius 3 is 2.86 bits per heavy atom. The number of carbonyl (C=O) groups excluding carboxylic acids is 1. The molecule has 0 spiro atoms. The Labute approximate surface area is 157 Å². The second kappa shape index (κ2) is 7.61. The van der Waals surface area contributed by atoms with E-state index >= 15 is 0 Å². The van der Waals surface area contributed by atoms with Crippen molar-refractivity contribution in [3.05, 3.63) is 40.1 Å². The molecule has 3 aromatic rings. The predicted molar refractivity (Wildman–Crippen MR) is 96.5 cm³/mol. The average molecular weight is 385 g/mol. The van der Waals surface area contributed by atoms with Crippen LogP contribution in [0.25, 0.3) is 17.1 Å². The Kier molecular flexibility index (Phi) is 5.06. The van der Waals surface area contributed by atoms with Crippen LogP contribution in [0.15, 0.2) is 34.0 Å². The van der Waals surface area contributed by atoms with Crippen molar-refractivity contribution in [3.63, 3.8) is 0 Å². The van der Waals surface area contributed by atoms with Crippen molar-refractivity contribution < 1.29 is 14.3 Å². The lowest BCUT2D eigenvalue weighted by atomic mass is 10.1. The van der Waals surface area contributed by atoms with Crippen molar-refractivity contribution in [2.45, 2.75) is 13.8 Å². The highest BCUT2D eigenvalue weighted by Crippen LogP contribution is 2.28. The molecule has 3 rings (SSSR count). The summed E-state index contributed by atoms with van der Waals surface area (Å²) in [6.45, 7) is 3.78. The maximum absolute atomic E-state index is 12.5. The summed E-state index contributed by atoms with van der Waals surface area (Å²) in [4.78, 5) is 23.1. The van der Waals surface area contributed by atoms with E-state index in [1.807, 2.05) is 13.8 Å². The number of nitro benzene ring substituents is 1. The molecule has 0 aliphatic rings. The molecule has 13 heteroatoms. The lowest BCUT2D eigenvalue weighted by Gasteiger charge is -2.06. The van der Waals surface area contributed by atoms with Gasteiger partial charge < -0.3 is 5.73 Å². The van der Waals surface area contributed by atoms with Crippen LogP contribution < -0.4 is 11.2 Å². The first-order valence-electron chi connectivity index (χ1n) is 8.01. The molecule has 0 aliphatic heterocycles. The molecule has 0 bridgehead atoms. The van der Waals surface area contributed by atoms with Gasteiger partial charge >= 0.3 is 0 Å². The van der Waals surface area contributed by atoms with E-state index in [0.717, 1.165) is 4.68 Å². The molecule has 0 aliphatic carbocycles. The summed E-state index contributed by atoms with van der Waals surface area (Å²) < 4.78 is 5.68. The van der Waals surface area contributed by atoms with Gasteiger partial charge in [-0.15, -0.1) is 5.10 Å². The molecule has 28 heavy (non-hydrogen) atoms. The SMILES string of the molecule is CC(C)/C=N/NC(=O)c1nnn(-c2nonc2N)c1-c1cccc([N+](=O)[O-])c1. The van der Waals surface area contributed by atoms with Crippen LogP contribution in [0.1, 0.15) is 24.3 Å². The van der Waals surface area contributed by atoms with E-state index in [4.69, 9.17) is 5.73 Å². The van der Waals surface area contributed by atoms with Gasteiger partial charge in [0.1, 0.15) is 5.69 Å². The molecular weight excluding hydrogens is 370 g/mol.